The molecule has 0 fully saturated rings. The highest BCUT2D eigenvalue weighted by Crippen LogP contribution is 2.23. The highest BCUT2D eigenvalue weighted by Gasteiger charge is 2.18. The van der Waals surface area contributed by atoms with E-state index in [1.165, 1.54) is 12.1 Å². The molecule has 0 atom stereocenters. The zero-order valence-corrected chi connectivity index (χ0v) is 14.3. The molecule has 3 rings (SSSR count). The zero-order chi connectivity index (χ0) is 18.5. The van der Waals surface area contributed by atoms with Crippen molar-refractivity contribution in [1.82, 2.24) is 4.98 Å². The van der Waals surface area contributed by atoms with Gasteiger partial charge in [0.05, 0.1) is 11.5 Å². The topological polar surface area (TPSA) is 76.3 Å². The average molecular weight is 368 g/mol. The largest absolute Gasteiger partial charge is 0.304 e. The molecule has 0 unspecified atom stereocenters. The number of nitro benzene ring substituents is 1. The van der Waals surface area contributed by atoms with Gasteiger partial charge in [0.15, 0.2) is 0 Å². The summed E-state index contributed by atoms with van der Waals surface area (Å²) in [6.07, 6.45) is 3.11. The number of nitro groups is 1. The van der Waals surface area contributed by atoms with E-state index in [2.05, 4.69) is 4.98 Å². The van der Waals surface area contributed by atoms with E-state index >= 15 is 0 Å². The maximum absolute atomic E-state index is 13.0. The van der Waals surface area contributed by atoms with Gasteiger partial charge < -0.3 is 4.90 Å². The average Bonchev–Trinajstić information content (AvgIpc) is 2.67. The lowest BCUT2D eigenvalue weighted by Crippen LogP contribution is -2.30. The Morgan fingerprint density at radius 1 is 1.00 bits per heavy atom. The first-order valence-corrected chi connectivity index (χ1v) is 8.13. The third-order valence-electron chi connectivity index (χ3n) is 3.80. The molecule has 1 heterocycles. The third-order valence-corrected chi connectivity index (χ3v) is 4.05. The van der Waals surface area contributed by atoms with Gasteiger partial charge in [-0.2, -0.15) is 0 Å². The molecule has 0 N–H and O–H groups in total. The summed E-state index contributed by atoms with van der Waals surface area (Å²) in [4.78, 5) is 28.8. The van der Waals surface area contributed by atoms with E-state index in [1.807, 2.05) is 0 Å². The third kappa shape index (κ3) is 4.04. The highest BCUT2D eigenvalue weighted by molar-refractivity contribution is 6.30. The van der Waals surface area contributed by atoms with Crippen LogP contribution in [-0.2, 0) is 6.54 Å². The summed E-state index contributed by atoms with van der Waals surface area (Å²) in [5.74, 6) is -0.201. The molecular weight excluding hydrogens is 354 g/mol. The van der Waals surface area contributed by atoms with Crippen molar-refractivity contribution in [1.29, 1.82) is 0 Å². The van der Waals surface area contributed by atoms with E-state index < -0.39 is 4.92 Å². The van der Waals surface area contributed by atoms with Gasteiger partial charge in [-0.1, -0.05) is 23.7 Å². The van der Waals surface area contributed by atoms with Crippen LogP contribution in [0, 0.1) is 10.1 Å². The molecule has 0 aliphatic carbocycles. The minimum Gasteiger partial charge on any atom is -0.304 e. The van der Waals surface area contributed by atoms with Crippen molar-refractivity contribution >= 4 is 28.9 Å². The Morgan fingerprint density at radius 2 is 1.62 bits per heavy atom. The Hall–Kier alpha value is -3.25. The molecule has 26 heavy (non-hydrogen) atoms. The number of halogens is 1. The second-order valence-electron chi connectivity index (χ2n) is 5.53. The number of aromatic nitrogens is 1. The molecule has 3 aromatic rings. The smallest absolute Gasteiger partial charge is 0.269 e. The summed E-state index contributed by atoms with van der Waals surface area (Å²) in [6, 6.07) is 16.3. The Bertz CT molecular complexity index is 913. The van der Waals surface area contributed by atoms with Crippen molar-refractivity contribution in [2.45, 2.75) is 6.54 Å². The van der Waals surface area contributed by atoms with Crippen molar-refractivity contribution in [3.8, 4) is 0 Å². The lowest BCUT2D eigenvalue weighted by molar-refractivity contribution is -0.384. The molecule has 0 saturated heterocycles. The van der Waals surface area contributed by atoms with Gasteiger partial charge in [0.2, 0.25) is 0 Å². The lowest BCUT2D eigenvalue weighted by atomic mass is 10.1. The number of non-ortho nitro benzene ring substituents is 1. The minimum atomic E-state index is -0.455. The number of hydrogen-bond donors (Lipinski definition) is 0. The molecule has 130 valence electrons. The molecule has 0 aliphatic rings. The van der Waals surface area contributed by atoms with E-state index in [4.69, 9.17) is 11.6 Å². The second kappa shape index (κ2) is 7.76. The number of pyridine rings is 1. The zero-order valence-electron chi connectivity index (χ0n) is 13.6. The first-order valence-electron chi connectivity index (χ1n) is 7.75. The van der Waals surface area contributed by atoms with Gasteiger partial charge >= 0.3 is 0 Å². The molecular formula is C19H14ClN3O3. The van der Waals surface area contributed by atoms with Crippen molar-refractivity contribution < 1.29 is 9.72 Å². The van der Waals surface area contributed by atoms with Gasteiger partial charge in [-0.25, -0.2) is 0 Å². The summed E-state index contributed by atoms with van der Waals surface area (Å²) in [7, 11) is 0. The Labute approximate surface area is 154 Å². The van der Waals surface area contributed by atoms with Gasteiger partial charge in [0, 0.05) is 40.8 Å². The fourth-order valence-corrected chi connectivity index (χ4v) is 2.58. The van der Waals surface area contributed by atoms with Crippen LogP contribution >= 0.6 is 11.6 Å². The summed E-state index contributed by atoms with van der Waals surface area (Å²) in [6.45, 7) is 0.265. The molecule has 0 radical (unpaired) electrons. The van der Waals surface area contributed by atoms with Crippen LogP contribution < -0.4 is 4.90 Å². The first kappa shape index (κ1) is 17.6. The maximum atomic E-state index is 13.0. The SMILES string of the molecule is O=C(c1ccncc1)N(Cc1ccc([N+](=O)[O-])cc1)c1ccc(Cl)cc1. The van der Waals surface area contributed by atoms with E-state index in [0.717, 1.165) is 5.56 Å². The Kier molecular flexibility index (Phi) is 5.24. The standard InChI is InChI=1S/C19H14ClN3O3/c20-16-3-7-17(8-4-16)22(19(24)15-9-11-21-12-10-15)13-14-1-5-18(6-2-14)23(25)26/h1-12H,13H2. The molecule has 1 aromatic heterocycles. The minimum absolute atomic E-state index is 0.00672. The van der Waals surface area contributed by atoms with Crippen LogP contribution in [0.2, 0.25) is 5.02 Å². The van der Waals surface area contributed by atoms with Crippen LogP contribution in [0.4, 0.5) is 11.4 Å². The Morgan fingerprint density at radius 3 is 2.19 bits per heavy atom. The summed E-state index contributed by atoms with van der Waals surface area (Å²) in [5, 5.41) is 11.4. The molecule has 6 nitrogen and oxygen atoms in total. The van der Waals surface area contributed by atoms with Crippen LogP contribution in [0.25, 0.3) is 0 Å². The number of hydrogen-bond acceptors (Lipinski definition) is 4. The fourth-order valence-electron chi connectivity index (χ4n) is 2.46. The van der Waals surface area contributed by atoms with Gasteiger partial charge in [-0.15, -0.1) is 0 Å². The van der Waals surface area contributed by atoms with Gasteiger partial charge in [0.25, 0.3) is 11.6 Å². The van der Waals surface area contributed by atoms with E-state index in [1.54, 1.807) is 65.8 Å². The lowest BCUT2D eigenvalue weighted by Gasteiger charge is -2.23. The second-order valence-corrected chi connectivity index (χ2v) is 5.96. The highest BCUT2D eigenvalue weighted by atomic mass is 35.5. The van der Waals surface area contributed by atoms with Gasteiger partial charge in [0.1, 0.15) is 0 Å². The van der Waals surface area contributed by atoms with E-state index in [-0.39, 0.29) is 18.1 Å². The molecule has 0 bridgehead atoms. The summed E-state index contributed by atoms with van der Waals surface area (Å²) in [5.41, 5.74) is 1.95. The van der Waals surface area contributed by atoms with Crippen LogP contribution in [-0.4, -0.2) is 15.8 Å². The quantitative estimate of drug-likeness (QED) is 0.491. The number of rotatable bonds is 5. The monoisotopic (exact) mass is 367 g/mol. The number of nitrogens with zero attached hydrogens (tertiary/aromatic N) is 3. The summed E-state index contributed by atoms with van der Waals surface area (Å²) >= 11 is 5.94. The van der Waals surface area contributed by atoms with Crippen LogP contribution in [0.5, 0.6) is 0 Å². The van der Waals surface area contributed by atoms with Crippen molar-refractivity contribution in [3.05, 3.63) is 99.3 Å². The molecule has 7 heteroatoms. The number of carbonyl (C=O) groups is 1. The molecule has 0 saturated carbocycles. The molecule has 0 aliphatic heterocycles. The number of benzene rings is 2. The van der Waals surface area contributed by atoms with Crippen molar-refractivity contribution in [2.24, 2.45) is 0 Å². The normalized spacial score (nSPS) is 10.3. The number of amides is 1. The van der Waals surface area contributed by atoms with Crippen LogP contribution in [0.1, 0.15) is 15.9 Å². The molecule has 2 aromatic carbocycles. The van der Waals surface area contributed by atoms with Crippen molar-refractivity contribution in [2.75, 3.05) is 4.90 Å². The summed E-state index contributed by atoms with van der Waals surface area (Å²) < 4.78 is 0. The van der Waals surface area contributed by atoms with E-state index in [9.17, 15) is 14.9 Å². The predicted octanol–water partition coefficient (Wildman–Crippen LogP) is 4.49. The fraction of sp³-hybridized carbons (Fsp3) is 0.0526. The van der Waals surface area contributed by atoms with E-state index in [0.29, 0.717) is 16.3 Å². The van der Waals surface area contributed by atoms with Gasteiger partial charge in [-0.3, -0.25) is 19.9 Å². The van der Waals surface area contributed by atoms with Gasteiger partial charge in [-0.05, 0) is 42.0 Å². The van der Waals surface area contributed by atoms with Crippen molar-refractivity contribution in [3.63, 3.8) is 0 Å². The predicted molar refractivity (Wildman–Crippen MR) is 99.3 cm³/mol. The number of anilines is 1. The van der Waals surface area contributed by atoms with Crippen LogP contribution in [0.3, 0.4) is 0 Å². The maximum Gasteiger partial charge on any atom is 0.269 e. The first-order chi connectivity index (χ1) is 12.5. The number of carbonyl (C=O) groups excluding carboxylic acids is 1. The van der Waals surface area contributed by atoms with Crippen LogP contribution in [0.15, 0.2) is 73.1 Å². The Balaban J connectivity index is 1.93. The molecule has 0 spiro atoms. The molecule has 1 amide bonds.